The third-order valence-corrected chi connectivity index (χ3v) is 6.50. The van der Waals surface area contributed by atoms with E-state index in [0.717, 1.165) is 34.9 Å². The molecule has 2 aromatic rings. The molecule has 4 nitrogen and oxygen atoms in total. The SMILES string of the molecule is CCC(c1ncc2c(n1)C(C)(C)c1nccnc1-2)C1(C)CCCCC1. The maximum Gasteiger partial charge on any atom is 0.132 e. The summed E-state index contributed by atoms with van der Waals surface area (Å²) in [4.78, 5) is 19.1. The normalized spacial score (nSPS) is 21.4. The van der Waals surface area contributed by atoms with Gasteiger partial charge in [0.1, 0.15) is 5.82 Å². The summed E-state index contributed by atoms with van der Waals surface area (Å²) < 4.78 is 0. The summed E-state index contributed by atoms with van der Waals surface area (Å²) in [5, 5.41) is 0. The highest BCUT2D eigenvalue weighted by Crippen LogP contribution is 2.49. The molecule has 2 aliphatic carbocycles. The molecule has 2 heterocycles. The molecule has 1 unspecified atom stereocenters. The van der Waals surface area contributed by atoms with Gasteiger partial charge in [-0.3, -0.25) is 9.97 Å². The molecule has 0 N–H and O–H groups in total. The minimum atomic E-state index is -0.206. The molecule has 0 aliphatic heterocycles. The van der Waals surface area contributed by atoms with Crippen LogP contribution >= 0.6 is 0 Å². The number of hydrogen-bond donors (Lipinski definition) is 0. The quantitative estimate of drug-likeness (QED) is 0.788. The van der Waals surface area contributed by atoms with Crippen LogP contribution < -0.4 is 0 Å². The van der Waals surface area contributed by atoms with Gasteiger partial charge in [0.05, 0.1) is 22.5 Å². The zero-order valence-electron chi connectivity index (χ0n) is 15.8. The van der Waals surface area contributed by atoms with E-state index < -0.39 is 0 Å². The Balaban J connectivity index is 1.78. The van der Waals surface area contributed by atoms with Gasteiger partial charge in [-0.05, 0) is 38.5 Å². The fourth-order valence-corrected chi connectivity index (χ4v) is 5.01. The highest BCUT2D eigenvalue weighted by atomic mass is 14.9. The largest absolute Gasteiger partial charge is 0.256 e. The Labute approximate surface area is 150 Å². The lowest BCUT2D eigenvalue weighted by Gasteiger charge is -2.40. The maximum absolute atomic E-state index is 5.12. The smallest absolute Gasteiger partial charge is 0.132 e. The molecule has 1 saturated carbocycles. The number of hydrogen-bond acceptors (Lipinski definition) is 4. The molecule has 0 saturated heterocycles. The predicted molar refractivity (Wildman–Crippen MR) is 99.4 cm³/mol. The Morgan fingerprint density at radius 3 is 2.40 bits per heavy atom. The molecule has 2 aromatic heterocycles. The first-order chi connectivity index (χ1) is 12.0. The van der Waals surface area contributed by atoms with Crippen molar-refractivity contribution in [2.75, 3.05) is 0 Å². The molecule has 4 heteroatoms. The van der Waals surface area contributed by atoms with Crippen LogP contribution in [0.15, 0.2) is 18.6 Å². The lowest BCUT2D eigenvalue weighted by molar-refractivity contribution is 0.158. The van der Waals surface area contributed by atoms with Crippen molar-refractivity contribution < 1.29 is 0 Å². The van der Waals surface area contributed by atoms with Gasteiger partial charge in [-0.1, -0.05) is 33.1 Å². The Morgan fingerprint density at radius 1 is 0.960 bits per heavy atom. The second kappa shape index (κ2) is 5.86. The minimum absolute atomic E-state index is 0.206. The van der Waals surface area contributed by atoms with Gasteiger partial charge < -0.3 is 0 Å². The van der Waals surface area contributed by atoms with Gasteiger partial charge in [0.2, 0.25) is 0 Å². The van der Waals surface area contributed by atoms with E-state index in [-0.39, 0.29) is 5.41 Å². The molecule has 0 amide bonds. The van der Waals surface area contributed by atoms with Crippen LogP contribution in [0, 0.1) is 5.41 Å². The first-order valence-electron chi connectivity index (χ1n) is 9.66. The Morgan fingerprint density at radius 2 is 1.68 bits per heavy atom. The maximum atomic E-state index is 5.12. The van der Waals surface area contributed by atoms with Gasteiger partial charge in [0.15, 0.2) is 0 Å². The van der Waals surface area contributed by atoms with Crippen molar-refractivity contribution in [2.24, 2.45) is 5.41 Å². The standard InChI is InChI=1S/C21H28N4/c1-5-15(21(4)9-7-6-8-10-21)19-24-13-14-16-18(23-12-11-22-16)20(2,3)17(14)25-19/h11-13,15H,5-10H2,1-4H3. The zero-order valence-corrected chi connectivity index (χ0v) is 15.8. The van der Waals surface area contributed by atoms with E-state index in [1.54, 1.807) is 12.4 Å². The molecule has 0 spiro atoms. The van der Waals surface area contributed by atoms with Crippen LogP contribution in [0.3, 0.4) is 0 Å². The average molecular weight is 336 g/mol. The van der Waals surface area contributed by atoms with Crippen LogP contribution in [-0.4, -0.2) is 19.9 Å². The fourth-order valence-electron chi connectivity index (χ4n) is 5.01. The van der Waals surface area contributed by atoms with Crippen LogP contribution in [0.1, 0.15) is 89.4 Å². The summed E-state index contributed by atoms with van der Waals surface area (Å²) in [6, 6.07) is 0. The molecule has 0 aromatic carbocycles. The van der Waals surface area contributed by atoms with Crippen LogP contribution in [0.4, 0.5) is 0 Å². The number of fused-ring (bicyclic) bond motifs is 3. The van der Waals surface area contributed by atoms with Crippen LogP contribution in [0.2, 0.25) is 0 Å². The lowest BCUT2D eigenvalue weighted by Crippen LogP contribution is -2.30. The highest BCUT2D eigenvalue weighted by Gasteiger charge is 2.42. The van der Waals surface area contributed by atoms with E-state index in [9.17, 15) is 0 Å². The monoisotopic (exact) mass is 336 g/mol. The first kappa shape index (κ1) is 16.6. The summed E-state index contributed by atoms with van der Waals surface area (Å²) in [5.41, 5.74) is 4.24. The molecule has 0 bridgehead atoms. The molecule has 132 valence electrons. The van der Waals surface area contributed by atoms with E-state index in [0.29, 0.717) is 11.3 Å². The molecule has 2 aliphatic rings. The Bertz CT molecular complexity index is 790. The molecule has 0 radical (unpaired) electrons. The Hall–Kier alpha value is -1.84. The summed E-state index contributed by atoms with van der Waals surface area (Å²) in [7, 11) is 0. The minimum Gasteiger partial charge on any atom is -0.256 e. The Kier molecular flexibility index (Phi) is 3.89. The second-order valence-electron chi connectivity index (χ2n) is 8.54. The number of nitrogens with zero attached hydrogens (tertiary/aromatic N) is 4. The number of rotatable bonds is 3. The van der Waals surface area contributed by atoms with Crippen molar-refractivity contribution >= 4 is 0 Å². The lowest BCUT2D eigenvalue weighted by atomic mass is 9.66. The third-order valence-electron chi connectivity index (χ3n) is 6.50. The summed E-state index contributed by atoms with van der Waals surface area (Å²) in [5.74, 6) is 1.45. The molecule has 25 heavy (non-hydrogen) atoms. The van der Waals surface area contributed by atoms with Crippen molar-refractivity contribution in [3.05, 3.63) is 35.8 Å². The van der Waals surface area contributed by atoms with Crippen LogP contribution in [0.5, 0.6) is 0 Å². The third kappa shape index (κ3) is 2.49. The molecule has 1 atom stereocenters. The second-order valence-corrected chi connectivity index (χ2v) is 8.54. The summed E-state index contributed by atoms with van der Waals surface area (Å²) in [6.45, 7) is 9.13. The van der Waals surface area contributed by atoms with Crippen molar-refractivity contribution in [3.8, 4) is 11.3 Å². The zero-order chi connectivity index (χ0) is 17.7. The first-order valence-corrected chi connectivity index (χ1v) is 9.66. The van der Waals surface area contributed by atoms with Crippen LogP contribution in [-0.2, 0) is 5.41 Å². The van der Waals surface area contributed by atoms with Crippen LogP contribution in [0.25, 0.3) is 11.3 Å². The summed E-state index contributed by atoms with van der Waals surface area (Å²) >= 11 is 0. The molecular weight excluding hydrogens is 308 g/mol. The topological polar surface area (TPSA) is 51.6 Å². The molecule has 4 rings (SSSR count). The highest BCUT2D eigenvalue weighted by molar-refractivity contribution is 5.73. The van der Waals surface area contributed by atoms with Gasteiger partial charge in [-0.2, -0.15) is 0 Å². The number of aromatic nitrogens is 4. The van der Waals surface area contributed by atoms with E-state index in [2.05, 4.69) is 37.7 Å². The van der Waals surface area contributed by atoms with Crippen molar-refractivity contribution in [1.29, 1.82) is 0 Å². The van der Waals surface area contributed by atoms with E-state index >= 15 is 0 Å². The van der Waals surface area contributed by atoms with Crippen molar-refractivity contribution in [3.63, 3.8) is 0 Å². The van der Waals surface area contributed by atoms with Gasteiger partial charge in [-0.15, -0.1) is 0 Å². The molecular formula is C21H28N4. The van der Waals surface area contributed by atoms with Gasteiger partial charge >= 0.3 is 0 Å². The predicted octanol–water partition coefficient (Wildman–Crippen LogP) is 5.04. The van der Waals surface area contributed by atoms with E-state index in [1.165, 1.54) is 32.1 Å². The molecule has 1 fully saturated rings. The van der Waals surface area contributed by atoms with Gasteiger partial charge in [0.25, 0.3) is 0 Å². The van der Waals surface area contributed by atoms with Crippen molar-refractivity contribution in [1.82, 2.24) is 19.9 Å². The average Bonchev–Trinajstić information content (AvgIpc) is 2.84. The summed E-state index contributed by atoms with van der Waals surface area (Å²) in [6.07, 6.45) is 13.3. The van der Waals surface area contributed by atoms with E-state index in [4.69, 9.17) is 9.97 Å². The van der Waals surface area contributed by atoms with E-state index in [1.807, 2.05) is 6.20 Å². The van der Waals surface area contributed by atoms with Gasteiger partial charge in [0, 0.05) is 30.1 Å². The fraction of sp³-hybridized carbons (Fsp3) is 0.619. The van der Waals surface area contributed by atoms with Crippen molar-refractivity contribution in [2.45, 2.75) is 77.6 Å². The van der Waals surface area contributed by atoms with Gasteiger partial charge in [-0.25, -0.2) is 9.97 Å².